The molecular formula is C28H22N. The molecule has 1 heteroatoms. The van der Waals surface area contributed by atoms with Crippen LogP contribution < -0.4 is 4.90 Å². The van der Waals surface area contributed by atoms with Gasteiger partial charge in [0.25, 0.3) is 0 Å². The van der Waals surface area contributed by atoms with Crippen molar-refractivity contribution in [2.45, 2.75) is 12.6 Å². The van der Waals surface area contributed by atoms with Gasteiger partial charge in [0.15, 0.2) is 0 Å². The third-order valence-corrected chi connectivity index (χ3v) is 5.45. The zero-order valence-corrected chi connectivity index (χ0v) is 16.2. The number of hydrogen-bond donors (Lipinski definition) is 0. The van der Waals surface area contributed by atoms with E-state index in [-0.39, 0.29) is 6.04 Å². The highest BCUT2D eigenvalue weighted by Gasteiger charge is 2.34. The molecule has 0 fully saturated rings. The summed E-state index contributed by atoms with van der Waals surface area (Å²) < 4.78 is 0. The van der Waals surface area contributed by atoms with Gasteiger partial charge < -0.3 is 4.90 Å². The molecule has 1 heterocycles. The van der Waals surface area contributed by atoms with Crippen LogP contribution in [0.5, 0.6) is 0 Å². The first-order chi connectivity index (χ1) is 14.4. The third-order valence-electron chi connectivity index (χ3n) is 5.45. The van der Waals surface area contributed by atoms with Crippen molar-refractivity contribution < 1.29 is 0 Å². The first kappa shape index (κ1) is 17.5. The summed E-state index contributed by atoms with van der Waals surface area (Å²) in [6, 6.07) is 40.8. The van der Waals surface area contributed by atoms with E-state index in [9.17, 15) is 0 Å². The van der Waals surface area contributed by atoms with Crippen molar-refractivity contribution in [1.29, 1.82) is 0 Å². The van der Waals surface area contributed by atoms with Gasteiger partial charge in [-0.3, -0.25) is 0 Å². The minimum atomic E-state index is 0.133. The normalized spacial score (nSPS) is 16.8. The van der Waals surface area contributed by atoms with Crippen molar-refractivity contribution in [3.8, 4) is 0 Å². The van der Waals surface area contributed by atoms with Gasteiger partial charge in [0.1, 0.15) is 0 Å². The zero-order chi connectivity index (χ0) is 19.5. The van der Waals surface area contributed by atoms with Crippen molar-refractivity contribution in [2.75, 3.05) is 4.90 Å². The quantitative estimate of drug-likeness (QED) is 0.386. The van der Waals surface area contributed by atoms with Crippen molar-refractivity contribution in [3.63, 3.8) is 0 Å². The average molecular weight is 372 g/mol. The van der Waals surface area contributed by atoms with Crippen LogP contribution in [0.25, 0.3) is 5.57 Å². The lowest BCUT2D eigenvalue weighted by atomic mass is 9.94. The Bertz CT molecular complexity index is 1110. The van der Waals surface area contributed by atoms with E-state index >= 15 is 0 Å². The Morgan fingerprint density at radius 3 is 1.93 bits per heavy atom. The molecule has 0 aromatic heterocycles. The van der Waals surface area contributed by atoms with E-state index in [1.165, 1.54) is 28.0 Å². The van der Waals surface area contributed by atoms with Crippen LogP contribution in [-0.4, -0.2) is 0 Å². The summed E-state index contributed by atoms with van der Waals surface area (Å²) in [6.07, 6.45) is 3.74. The molecule has 0 amide bonds. The van der Waals surface area contributed by atoms with Crippen LogP contribution in [0.1, 0.15) is 28.3 Å². The number of benzene rings is 4. The van der Waals surface area contributed by atoms with Crippen LogP contribution in [0.4, 0.5) is 5.69 Å². The lowest BCUT2D eigenvalue weighted by Crippen LogP contribution is -2.24. The number of nitrogens with zero attached hydrogens (tertiary/aromatic N) is 1. The molecule has 1 atom stereocenters. The van der Waals surface area contributed by atoms with Crippen LogP contribution in [0, 0.1) is 6.08 Å². The minimum absolute atomic E-state index is 0.133. The number of hydrogen-bond acceptors (Lipinski definition) is 1. The van der Waals surface area contributed by atoms with Gasteiger partial charge in [-0.1, -0.05) is 109 Å². The molecule has 0 saturated carbocycles. The summed E-state index contributed by atoms with van der Waals surface area (Å²) in [4.78, 5) is 2.51. The second kappa shape index (κ2) is 7.81. The molecule has 4 aromatic rings. The molecule has 1 nitrogen and oxygen atoms in total. The molecule has 0 unspecified atom stereocenters. The molecule has 29 heavy (non-hydrogen) atoms. The fourth-order valence-corrected chi connectivity index (χ4v) is 4.15. The molecule has 0 spiro atoms. The lowest BCUT2D eigenvalue weighted by Gasteiger charge is -2.28. The molecule has 4 aromatic carbocycles. The van der Waals surface area contributed by atoms with Gasteiger partial charge in [-0.05, 0) is 34.4 Å². The van der Waals surface area contributed by atoms with E-state index in [1.807, 2.05) is 0 Å². The van der Waals surface area contributed by atoms with E-state index in [0.717, 1.165) is 12.1 Å². The maximum Gasteiger partial charge on any atom is 0.0812 e. The number of anilines is 1. The second-order valence-electron chi connectivity index (χ2n) is 7.35. The van der Waals surface area contributed by atoms with Crippen LogP contribution >= 0.6 is 0 Å². The smallest absolute Gasteiger partial charge is 0.0812 e. The molecule has 0 aliphatic carbocycles. The number of rotatable bonds is 4. The highest BCUT2D eigenvalue weighted by atomic mass is 15.2. The topological polar surface area (TPSA) is 3.24 Å². The van der Waals surface area contributed by atoms with E-state index in [1.54, 1.807) is 0 Å². The van der Waals surface area contributed by atoms with Crippen LogP contribution in [0.15, 0.2) is 115 Å². The van der Waals surface area contributed by atoms with Crippen LogP contribution in [-0.2, 0) is 6.54 Å². The molecule has 0 saturated heterocycles. The fourth-order valence-electron chi connectivity index (χ4n) is 4.15. The predicted octanol–water partition coefficient (Wildman–Crippen LogP) is 6.68. The molecule has 1 radical (unpaired) electrons. The van der Waals surface area contributed by atoms with Crippen molar-refractivity contribution in [2.24, 2.45) is 0 Å². The van der Waals surface area contributed by atoms with E-state index < -0.39 is 0 Å². The summed E-state index contributed by atoms with van der Waals surface area (Å²) in [5.41, 5.74) is 7.47. The van der Waals surface area contributed by atoms with E-state index in [4.69, 9.17) is 0 Å². The largest absolute Gasteiger partial charge is 0.356 e. The van der Waals surface area contributed by atoms with Crippen molar-refractivity contribution >= 4 is 11.3 Å². The van der Waals surface area contributed by atoms with E-state index in [2.05, 4.69) is 126 Å². The maximum absolute atomic E-state index is 3.74. The third kappa shape index (κ3) is 3.48. The van der Waals surface area contributed by atoms with Crippen LogP contribution in [0.2, 0.25) is 0 Å². The van der Waals surface area contributed by atoms with Gasteiger partial charge in [0.2, 0.25) is 0 Å². The Balaban J connectivity index is 1.68. The van der Waals surface area contributed by atoms with Crippen molar-refractivity contribution in [1.82, 2.24) is 0 Å². The zero-order valence-electron chi connectivity index (χ0n) is 16.2. The highest BCUT2D eigenvalue weighted by Crippen LogP contribution is 2.49. The van der Waals surface area contributed by atoms with Gasteiger partial charge in [-0.15, -0.1) is 0 Å². The molecule has 0 bridgehead atoms. The first-order valence-corrected chi connectivity index (χ1v) is 10.0. The Labute approximate surface area is 172 Å². The highest BCUT2D eigenvalue weighted by molar-refractivity contribution is 5.88. The summed E-state index contributed by atoms with van der Waals surface area (Å²) in [5, 5.41) is 0. The Morgan fingerprint density at radius 1 is 0.621 bits per heavy atom. The minimum Gasteiger partial charge on any atom is -0.356 e. The summed E-state index contributed by atoms with van der Waals surface area (Å²) in [7, 11) is 0. The Hall–Kier alpha value is -3.58. The standard InChI is InChI=1S/C28H22N/c1-4-12-22(13-5-1)20-26-25-18-10-11-19-27(25)29(21-23-14-6-2-7-15-23)28(26)24-16-8-3-9-17-24/h1-19,28H,21H2/t28-/m1/s1. The molecule has 0 N–H and O–H groups in total. The molecule has 1 aliphatic heterocycles. The van der Waals surface area contributed by atoms with Gasteiger partial charge in [-0.25, -0.2) is 0 Å². The monoisotopic (exact) mass is 372 g/mol. The Morgan fingerprint density at radius 2 is 1.21 bits per heavy atom. The predicted molar refractivity (Wildman–Crippen MR) is 120 cm³/mol. The Kier molecular flexibility index (Phi) is 4.72. The van der Waals surface area contributed by atoms with E-state index in [0.29, 0.717) is 0 Å². The van der Waals surface area contributed by atoms with Crippen LogP contribution in [0.3, 0.4) is 0 Å². The molecule has 1 aliphatic rings. The number of para-hydroxylation sites is 1. The van der Waals surface area contributed by atoms with Gasteiger partial charge >= 0.3 is 0 Å². The first-order valence-electron chi connectivity index (χ1n) is 10.0. The van der Waals surface area contributed by atoms with Gasteiger partial charge in [0, 0.05) is 17.8 Å². The molecule has 5 rings (SSSR count). The second-order valence-corrected chi connectivity index (χ2v) is 7.35. The van der Waals surface area contributed by atoms with Crippen molar-refractivity contribution in [3.05, 3.63) is 144 Å². The average Bonchev–Trinajstić information content (AvgIpc) is 3.09. The molecular weight excluding hydrogens is 350 g/mol. The maximum atomic E-state index is 3.74. The summed E-state index contributed by atoms with van der Waals surface area (Å²) >= 11 is 0. The van der Waals surface area contributed by atoms with Gasteiger partial charge in [-0.2, -0.15) is 0 Å². The summed E-state index contributed by atoms with van der Waals surface area (Å²) in [5.74, 6) is 0. The lowest BCUT2D eigenvalue weighted by molar-refractivity contribution is 0.758. The SMILES string of the molecule is [C](=C1c2ccccc2N(Cc2ccccc2)[C@@H]1c1ccccc1)c1ccccc1. The fraction of sp³-hybridized carbons (Fsp3) is 0.0714. The summed E-state index contributed by atoms with van der Waals surface area (Å²) in [6.45, 7) is 0.859. The number of fused-ring (bicyclic) bond motifs is 1. The van der Waals surface area contributed by atoms with Gasteiger partial charge in [0.05, 0.1) is 6.04 Å². The molecule has 139 valence electrons.